The molecule has 2 saturated heterocycles. The molecule has 1 unspecified atom stereocenters. The van der Waals surface area contributed by atoms with Crippen LogP contribution in [0.25, 0.3) is 0 Å². The van der Waals surface area contributed by atoms with E-state index >= 15 is 0 Å². The van der Waals surface area contributed by atoms with E-state index in [-0.39, 0.29) is 0 Å². The number of hydrogen-bond acceptors (Lipinski definition) is 4. The monoisotopic (exact) mass is 359 g/mol. The molecule has 146 valence electrons. The maximum atomic E-state index is 9.61. The second-order valence-electron chi connectivity index (χ2n) is 8.49. The molecular weight excluding hydrogens is 322 g/mol. The first-order valence-corrected chi connectivity index (χ1v) is 10.5. The summed E-state index contributed by atoms with van der Waals surface area (Å²) in [5.74, 6) is 0. The van der Waals surface area contributed by atoms with E-state index in [1.54, 1.807) is 0 Å². The zero-order valence-corrected chi connectivity index (χ0v) is 16.9. The van der Waals surface area contributed by atoms with Gasteiger partial charge in [-0.05, 0) is 58.7 Å². The van der Waals surface area contributed by atoms with E-state index in [2.05, 4.69) is 59.7 Å². The molecule has 0 aromatic heterocycles. The largest absolute Gasteiger partial charge is 0.396 e. The summed E-state index contributed by atoms with van der Waals surface area (Å²) in [6.07, 6.45) is 3.45. The van der Waals surface area contributed by atoms with E-state index in [4.69, 9.17) is 0 Å². The third-order valence-corrected chi connectivity index (χ3v) is 6.26. The standard InChI is InChI=1S/C22H37N3O/c1-18(2)24-10-7-21(8-11-24)25-13-12-23(17-22(25)9-14-26)16-20-6-4-5-19(3)15-20/h4-6,15,18,21-22,26H,7-14,16-17H2,1-3H3. The van der Waals surface area contributed by atoms with Crippen molar-refractivity contribution in [1.29, 1.82) is 0 Å². The summed E-state index contributed by atoms with van der Waals surface area (Å²) in [4.78, 5) is 7.90. The fourth-order valence-corrected chi connectivity index (χ4v) is 4.77. The van der Waals surface area contributed by atoms with Gasteiger partial charge in [-0.3, -0.25) is 9.80 Å². The van der Waals surface area contributed by atoms with Crippen molar-refractivity contribution in [3.63, 3.8) is 0 Å². The van der Waals surface area contributed by atoms with Crippen LogP contribution in [0.5, 0.6) is 0 Å². The van der Waals surface area contributed by atoms with Crippen molar-refractivity contribution in [3.05, 3.63) is 35.4 Å². The maximum Gasteiger partial charge on any atom is 0.0446 e. The number of aryl methyl sites for hydroxylation is 1. The zero-order valence-electron chi connectivity index (χ0n) is 16.9. The molecule has 0 saturated carbocycles. The molecule has 0 radical (unpaired) electrons. The molecule has 2 aliphatic rings. The van der Waals surface area contributed by atoms with Crippen LogP contribution in [0.4, 0.5) is 0 Å². The van der Waals surface area contributed by atoms with Gasteiger partial charge in [0.15, 0.2) is 0 Å². The van der Waals surface area contributed by atoms with E-state index in [9.17, 15) is 5.11 Å². The molecule has 1 atom stereocenters. The molecule has 4 nitrogen and oxygen atoms in total. The Balaban J connectivity index is 1.58. The summed E-state index contributed by atoms with van der Waals surface area (Å²) in [7, 11) is 0. The molecule has 0 bridgehead atoms. The second-order valence-corrected chi connectivity index (χ2v) is 8.49. The lowest BCUT2D eigenvalue weighted by Crippen LogP contribution is -2.58. The molecule has 2 heterocycles. The minimum Gasteiger partial charge on any atom is -0.396 e. The number of nitrogens with zero attached hydrogens (tertiary/aromatic N) is 3. The normalized spacial score (nSPS) is 24.4. The molecule has 26 heavy (non-hydrogen) atoms. The van der Waals surface area contributed by atoms with E-state index in [0.29, 0.717) is 24.7 Å². The van der Waals surface area contributed by atoms with Crippen molar-refractivity contribution in [1.82, 2.24) is 14.7 Å². The molecule has 2 aliphatic heterocycles. The lowest BCUT2D eigenvalue weighted by Gasteiger charge is -2.48. The van der Waals surface area contributed by atoms with Gasteiger partial charge in [-0.15, -0.1) is 0 Å². The van der Waals surface area contributed by atoms with Crippen LogP contribution >= 0.6 is 0 Å². The predicted molar refractivity (Wildman–Crippen MR) is 108 cm³/mol. The molecule has 1 aromatic carbocycles. The average Bonchev–Trinajstić information content (AvgIpc) is 2.62. The summed E-state index contributed by atoms with van der Waals surface area (Å²) in [6.45, 7) is 13.9. The van der Waals surface area contributed by atoms with Crippen LogP contribution in [0.1, 0.15) is 44.2 Å². The van der Waals surface area contributed by atoms with E-state index < -0.39 is 0 Å². The van der Waals surface area contributed by atoms with Crippen LogP contribution < -0.4 is 0 Å². The van der Waals surface area contributed by atoms with Crippen molar-refractivity contribution < 1.29 is 5.11 Å². The maximum absolute atomic E-state index is 9.61. The predicted octanol–water partition coefficient (Wildman–Crippen LogP) is 2.74. The summed E-state index contributed by atoms with van der Waals surface area (Å²) in [6, 6.07) is 10.7. The van der Waals surface area contributed by atoms with E-state index in [1.165, 1.54) is 37.1 Å². The molecule has 2 fully saturated rings. The molecule has 0 spiro atoms. The van der Waals surface area contributed by atoms with E-state index in [0.717, 1.165) is 32.6 Å². The summed E-state index contributed by atoms with van der Waals surface area (Å²) < 4.78 is 0. The summed E-state index contributed by atoms with van der Waals surface area (Å²) in [5.41, 5.74) is 2.75. The number of aliphatic hydroxyl groups excluding tert-OH is 1. The highest BCUT2D eigenvalue weighted by Gasteiger charge is 2.33. The number of hydrogen-bond donors (Lipinski definition) is 1. The third-order valence-electron chi connectivity index (χ3n) is 6.26. The fourth-order valence-electron chi connectivity index (χ4n) is 4.77. The Labute approximate surface area is 159 Å². The van der Waals surface area contributed by atoms with Crippen molar-refractivity contribution >= 4 is 0 Å². The minimum atomic E-state index is 0.296. The quantitative estimate of drug-likeness (QED) is 0.846. The number of likely N-dealkylation sites (tertiary alicyclic amines) is 1. The highest BCUT2D eigenvalue weighted by molar-refractivity contribution is 5.22. The Bertz CT molecular complexity index is 554. The first kappa shape index (κ1) is 19.8. The second kappa shape index (κ2) is 9.32. The zero-order chi connectivity index (χ0) is 18.5. The number of piperazine rings is 1. The summed E-state index contributed by atoms with van der Waals surface area (Å²) in [5, 5.41) is 9.61. The molecule has 3 rings (SSSR count). The van der Waals surface area contributed by atoms with Crippen LogP contribution in [0.3, 0.4) is 0 Å². The van der Waals surface area contributed by atoms with Gasteiger partial charge in [0.1, 0.15) is 0 Å². The van der Waals surface area contributed by atoms with Crippen LogP contribution in [-0.4, -0.2) is 77.3 Å². The first-order chi connectivity index (χ1) is 12.6. The number of rotatable bonds is 6. The van der Waals surface area contributed by atoms with Crippen LogP contribution in [0, 0.1) is 6.92 Å². The highest BCUT2D eigenvalue weighted by Crippen LogP contribution is 2.25. The smallest absolute Gasteiger partial charge is 0.0446 e. The van der Waals surface area contributed by atoms with Crippen molar-refractivity contribution in [3.8, 4) is 0 Å². The van der Waals surface area contributed by atoms with Gasteiger partial charge in [-0.25, -0.2) is 0 Å². The molecule has 1 N–H and O–H groups in total. The molecule has 0 amide bonds. The SMILES string of the molecule is Cc1cccc(CN2CCN(C3CCN(C(C)C)CC3)C(CCO)C2)c1. The van der Waals surface area contributed by atoms with Gasteiger partial charge in [0.05, 0.1) is 0 Å². The van der Waals surface area contributed by atoms with Crippen LogP contribution in [0.15, 0.2) is 24.3 Å². The van der Waals surface area contributed by atoms with Crippen LogP contribution in [0.2, 0.25) is 0 Å². The van der Waals surface area contributed by atoms with Crippen LogP contribution in [-0.2, 0) is 6.54 Å². The number of aliphatic hydroxyl groups is 1. The Morgan fingerprint density at radius 1 is 1.12 bits per heavy atom. The van der Waals surface area contributed by atoms with Crippen molar-refractivity contribution in [2.75, 3.05) is 39.3 Å². The van der Waals surface area contributed by atoms with Gasteiger partial charge in [-0.1, -0.05) is 29.8 Å². The van der Waals surface area contributed by atoms with Gasteiger partial charge in [0, 0.05) is 50.9 Å². The fraction of sp³-hybridized carbons (Fsp3) is 0.727. The minimum absolute atomic E-state index is 0.296. The van der Waals surface area contributed by atoms with Gasteiger partial charge >= 0.3 is 0 Å². The van der Waals surface area contributed by atoms with E-state index in [1.807, 2.05) is 0 Å². The Morgan fingerprint density at radius 2 is 1.88 bits per heavy atom. The topological polar surface area (TPSA) is 30.0 Å². The lowest BCUT2D eigenvalue weighted by molar-refractivity contribution is -0.0000313. The van der Waals surface area contributed by atoms with Gasteiger partial charge in [0.2, 0.25) is 0 Å². The van der Waals surface area contributed by atoms with Gasteiger partial charge in [-0.2, -0.15) is 0 Å². The van der Waals surface area contributed by atoms with Gasteiger partial charge < -0.3 is 10.0 Å². The molecular formula is C22H37N3O. The first-order valence-electron chi connectivity index (χ1n) is 10.5. The Hall–Kier alpha value is -0.940. The van der Waals surface area contributed by atoms with Crippen molar-refractivity contribution in [2.24, 2.45) is 0 Å². The third kappa shape index (κ3) is 5.07. The molecule has 1 aromatic rings. The van der Waals surface area contributed by atoms with Crippen molar-refractivity contribution in [2.45, 2.75) is 64.7 Å². The average molecular weight is 360 g/mol. The van der Waals surface area contributed by atoms with Gasteiger partial charge in [0.25, 0.3) is 0 Å². The molecule has 0 aliphatic carbocycles. The highest BCUT2D eigenvalue weighted by atomic mass is 16.3. The molecule has 4 heteroatoms. The Morgan fingerprint density at radius 3 is 2.54 bits per heavy atom. The number of piperidine rings is 1. The number of benzene rings is 1. The summed E-state index contributed by atoms with van der Waals surface area (Å²) >= 11 is 0. The Kier molecular flexibility index (Phi) is 7.10. The lowest BCUT2D eigenvalue weighted by atomic mass is 9.97.